The zero-order chi connectivity index (χ0) is 22.5. The van der Waals surface area contributed by atoms with E-state index in [0.717, 1.165) is 27.4 Å². The average molecular weight is 445 g/mol. The second-order valence-electron chi connectivity index (χ2n) is 7.36. The summed E-state index contributed by atoms with van der Waals surface area (Å²) in [5.74, 6) is 0.521. The van der Waals surface area contributed by atoms with E-state index in [4.69, 9.17) is 9.72 Å². The molecule has 0 unspecified atom stereocenters. The first-order chi connectivity index (χ1) is 15.5. The van der Waals surface area contributed by atoms with Crippen molar-refractivity contribution in [1.29, 1.82) is 0 Å². The van der Waals surface area contributed by atoms with Crippen molar-refractivity contribution in [3.8, 4) is 22.0 Å². The highest BCUT2D eigenvalue weighted by molar-refractivity contribution is 7.13. The molecular weight excluding hydrogens is 420 g/mol. The summed E-state index contributed by atoms with van der Waals surface area (Å²) < 4.78 is 5.19. The Balaban J connectivity index is 1.61. The van der Waals surface area contributed by atoms with Gasteiger partial charge >= 0.3 is 5.97 Å². The highest BCUT2D eigenvalue weighted by Crippen LogP contribution is 2.27. The number of rotatable bonds is 7. The average Bonchev–Trinajstić information content (AvgIpc) is 3.27. The number of nitrogens with one attached hydrogen (secondary N) is 1. The van der Waals surface area contributed by atoms with Crippen LogP contribution in [0.25, 0.3) is 22.0 Å². The number of aromatic nitrogens is 3. The minimum absolute atomic E-state index is 0.282. The lowest BCUT2D eigenvalue weighted by molar-refractivity contribution is 0.0526. The van der Waals surface area contributed by atoms with Crippen LogP contribution in [0.15, 0.2) is 60.1 Å². The number of carbonyl (C=O) groups excluding carboxylic acids is 1. The number of esters is 1. The van der Waals surface area contributed by atoms with E-state index >= 15 is 0 Å². The van der Waals surface area contributed by atoms with E-state index in [1.807, 2.05) is 48.7 Å². The summed E-state index contributed by atoms with van der Waals surface area (Å²) in [7, 11) is 0. The molecule has 1 N–H and O–H groups in total. The van der Waals surface area contributed by atoms with Crippen LogP contribution in [0.4, 0.5) is 5.82 Å². The van der Waals surface area contributed by atoms with Gasteiger partial charge in [-0.1, -0.05) is 48.0 Å². The number of benzene rings is 2. The molecular formula is C25H24N4O2S. The number of thiazole rings is 1. The van der Waals surface area contributed by atoms with Gasteiger partial charge in [0.1, 0.15) is 16.4 Å². The lowest BCUT2D eigenvalue weighted by atomic mass is 10.1. The maximum atomic E-state index is 12.4. The second-order valence-corrected chi connectivity index (χ2v) is 8.22. The molecule has 2 aromatic carbocycles. The Bertz CT molecular complexity index is 1250. The summed E-state index contributed by atoms with van der Waals surface area (Å²) in [6.45, 7) is 6.58. The molecule has 6 nitrogen and oxygen atoms in total. The van der Waals surface area contributed by atoms with Crippen molar-refractivity contribution in [2.75, 3.05) is 11.9 Å². The molecule has 0 aliphatic heterocycles. The monoisotopic (exact) mass is 444 g/mol. The van der Waals surface area contributed by atoms with Crippen LogP contribution in [-0.4, -0.2) is 27.5 Å². The van der Waals surface area contributed by atoms with E-state index in [0.29, 0.717) is 23.8 Å². The van der Waals surface area contributed by atoms with Crippen molar-refractivity contribution in [3.63, 3.8) is 0 Å². The molecule has 0 amide bonds. The van der Waals surface area contributed by atoms with Gasteiger partial charge in [0.2, 0.25) is 0 Å². The Morgan fingerprint density at radius 1 is 1.09 bits per heavy atom. The van der Waals surface area contributed by atoms with Gasteiger partial charge in [-0.15, -0.1) is 11.3 Å². The number of ether oxygens (including phenoxy) is 1. The minimum Gasteiger partial charge on any atom is -0.462 e. The SMILES string of the molecule is CCOC(=O)c1cnc(-c2cccc(C)c2)nc1NCc1csc(-c2ccccc2C)n1. The third-order valence-electron chi connectivity index (χ3n) is 4.92. The van der Waals surface area contributed by atoms with Gasteiger partial charge in [-0.05, 0) is 32.4 Å². The van der Waals surface area contributed by atoms with Crippen molar-refractivity contribution in [2.24, 2.45) is 0 Å². The van der Waals surface area contributed by atoms with Crippen molar-refractivity contribution < 1.29 is 9.53 Å². The summed E-state index contributed by atoms with van der Waals surface area (Å²) in [5.41, 5.74) is 5.49. The first kappa shape index (κ1) is 21.6. The maximum absolute atomic E-state index is 12.4. The molecule has 162 valence electrons. The van der Waals surface area contributed by atoms with Crippen LogP contribution >= 0.6 is 11.3 Å². The molecule has 2 aromatic heterocycles. The van der Waals surface area contributed by atoms with Crippen molar-refractivity contribution in [1.82, 2.24) is 15.0 Å². The molecule has 32 heavy (non-hydrogen) atoms. The van der Waals surface area contributed by atoms with Crippen LogP contribution in [0.3, 0.4) is 0 Å². The van der Waals surface area contributed by atoms with Gasteiger partial charge < -0.3 is 10.1 Å². The predicted octanol–water partition coefficient (Wildman–Crippen LogP) is 5.67. The number of hydrogen-bond donors (Lipinski definition) is 1. The number of aryl methyl sites for hydroxylation is 2. The lowest BCUT2D eigenvalue weighted by Gasteiger charge is -2.11. The topological polar surface area (TPSA) is 77.0 Å². The number of hydrogen-bond acceptors (Lipinski definition) is 7. The molecule has 0 bridgehead atoms. The van der Waals surface area contributed by atoms with E-state index in [9.17, 15) is 4.79 Å². The van der Waals surface area contributed by atoms with E-state index in [1.165, 1.54) is 11.8 Å². The molecule has 4 aromatic rings. The van der Waals surface area contributed by atoms with Crippen LogP contribution in [0, 0.1) is 13.8 Å². The molecule has 0 atom stereocenters. The predicted molar refractivity (Wildman–Crippen MR) is 128 cm³/mol. The van der Waals surface area contributed by atoms with Gasteiger partial charge in [-0.25, -0.2) is 19.7 Å². The Labute approximate surface area is 191 Å². The van der Waals surface area contributed by atoms with Crippen LogP contribution in [0.5, 0.6) is 0 Å². The van der Waals surface area contributed by atoms with Crippen molar-refractivity contribution in [3.05, 3.63) is 82.5 Å². The zero-order valence-electron chi connectivity index (χ0n) is 18.3. The Kier molecular flexibility index (Phi) is 6.56. The molecule has 0 aliphatic carbocycles. The van der Waals surface area contributed by atoms with Gasteiger partial charge in [0, 0.05) is 22.7 Å². The second kappa shape index (κ2) is 9.70. The first-order valence-corrected chi connectivity index (χ1v) is 11.3. The van der Waals surface area contributed by atoms with Crippen LogP contribution in [0.1, 0.15) is 34.1 Å². The fourth-order valence-electron chi connectivity index (χ4n) is 3.30. The van der Waals surface area contributed by atoms with Crippen LogP contribution in [0.2, 0.25) is 0 Å². The molecule has 0 saturated carbocycles. The quantitative estimate of drug-likeness (QED) is 0.370. The van der Waals surface area contributed by atoms with Gasteiger partial charge in [-0.2, -0.15) is 0 Å². The molecule has 2 heterocycles. The van der Waals surface area contributed by atoms with E-state index in [1.54, 1.807) is 18.3 Å². The summed E-state index contributed by atoms with van der Waals surface area (Å²) in [5, 5.41) is 6.25. The largest absolute Gasteiger partial charge is 0.462 e. The van der Waals surface area contributed by atoms with Gasteiger partial charge in [0.05, 0.1) is 18.8 Å². The number of anilines is 1. The van der Waals surface area contributed by atoms with Crippen LogP contribution < -0.4 is 5.32 Å². The molecule has 4 rings (SSSR count). The normalized spacial score (nSPS) is 10.7. The standard InChI is InChI=1S/C25H24N4O2S/c1-4-31-25(30)21-14-27-22(18-10-7-8-16(2)12-18)29-23(21)26-13-19-15-32-24(28-19)20-11-6-5-9-17(20)3/h5-12,14-15H,4,13H2,1-3H3,(H,26,27,29). The Morgan fingerprint density at radius 2 is 1.94 bits per heavy atom. The molecule has 0 saturated heterocycles. The highest BCUT2D eigenvalue weighted by atomic mass is 32.1. The first-order valence-electron chi connectivity index (χ1n) is 10.4. The number of nitrogens with zero attached hydrogens (tertiary/aromatic N) is 3. The number of carbonyl (C=O) groups is 1. The zero-order valence-corrected chi connectivity index (χ0v) is 19.1. The van der Waals surface area contributed by atoms with Gasteiger partial charge in [-0.3, -0.25) is 0 Å². The summed E-state index contributed by atoms with van der Waals surface area (Å²) >= 11 is 1.60. The van der Waals surface area contributed by atoms with E-state index in [2.05, 4.69) is 34.3 Å². The fraction of sp³-hybridized carbons (Fsp3) is 0.200. The van der Waals surface area contributed by atoms with Gasteiger partial charge in [0.15, 0.2) is 5.82 Å². The molecule has 0 fully saturated rings. The summed E-state index contributed by atoms with van der Waals surface area (Å²) in [6, 6.07) is 16.1. The Hall–Kier alpha value is -3.58. The summed E-state index contributed by atoms with van der Waals surface area (Å²) in [6.07, 6.45) is 1.52. The smallest absolute Gasteiger partial charge is 0.343 e. The third kappa shape index (κ3) is 4.84. The molecule has 0 radical (unpaired) electrons. The van der Waals surface area contributed by atoms with Gasteiger partial charge in [0.25, 0.3) is 0 Å². The maximum Gasteiger partial charge on any atom is 0.343 e. The lowest BCUT2D eigenvalue weighted by Crippen LogP contribution is -2.13. The third-order valence-corrected chi connectivity index (χ3v) is 5.85. The minimum atomic E-state index is -0.454. The van der Waals surface area contributed by atoms with E-state index in [-0.39, 0.29) is 6.61 Å². The Morgan fingerprint density at radius 3 is 2.72 bits per heavy atom. The summed E-state index contributed by atoms with van der Waals surface area (Å²) in [4.78, 5) is 26.2. The molecule has 0 spiro atoms. The van der Waals surface area contributed by atoms with Crippen molar-refractivity contribution >= 4 is 23.1 Å². The van der Waals surface area contributed by atoms with Crippen molar-refractivity contribution in [2.45, 2.75) is 27.3 Å². The van der Waals surface area contributed by atoms with Crippen LogP contribution in [-0.2, 0) is 11.3 Å². The fourth-order valence-corrected chi connectivity index (χ4v) is 4.21. The highest BCUT2D eigenvalue weighted by Gasteiger charge is 2.17. The molecule has 7 heteroatoms. The van der Waals surface area contributed by atoms with E-state index < -0.39 is 5.97 Å². The molecule has 0 aliphatic rings.